The summed E-state index contributed by atoms with van der Waals surface area (Å²) in [5.74, 6) is 0.778. The molecule has 0 bridgehead atoms. The average molecular weight is 198 g/mol. The fraction of sp³-hybridized carbons (Fsp3) is 1.00. The maximum absolute atomic E-state index is 5.74. The van der Waals surface area contributed by atoms with Crippen molar-refractivity contribution < 1.29 is 0 Å². The molecule has 1 fully saturated rings. The number of halogens is 2. The van der Waals surface area contributed by atoms with E-state index in [9.17, 15) is 0 Å². The fourth-order valence-corrected chi connectivity index (χ4v) is 1.65. The van der Waals surface area contributed by atoms with Gasteiger partial charge in [-0.05, 0) is 32.9 Å². The highest BCUT2D eigenvalue weighted by atomic mass is 35.5. The number of likely N-dealkylation sites (tertiary alicyclic amines) is 1. The average Bonchev–Trinajstić information content (AvgIpc) is 2.05. The van der Waals surface area contributed by atoms with E-state index in [0.717, 1.165) is 5.88 Å². The summed E-state index contributed by atoms with van der Waals surface area (Å²) in [5.41, 5.74) is 0. The third kappa shape index (κ3) is 3.64. The molecule has 1 nitrogen and oxygen atoms in total. The van der Waals surface area contributed by atoms with Gasteiger partial charge in [-0.25, -0.2) is 0 Å². The van der Waals surface area contributed by atoms with Crippen LogP contribution in [0.25, 0.3) is 0 Å². The molecule has 0 aromatic heterocycles. The van der Waals surface area contributed by atoms with Crippen molar-refractivity contribution in [2.45, 2.75) is 32.2 Å². The number of nitrogens with zero attached hydrogens (tertiary/aromatic N) is 1. The van der Waals surface area contributed by atoms with Gasteiger partial charge in [-0.1, -0.05) is 6.42 Å². The van der Waals surface area contributed by atoms with Crippen LogP contribution in [0, 0.1) is 0 Å². The minimum absolute atomic E-state index is 0. The second-order valence-corrected chi connectivity index (χ2v) is 3.41. The molecule has 0 radical (unpaired) electrons. The van der Waals surface area contributed by atoms with E-state index in [0.29, 0.717) is 6.04 Å². The highest BCUT2D eigenvalue weighted by molar-refractivity contribution is 6.18. The molecule has 1 aliphatic rings. The minimum atomic E-state index is 0. The Hall–Kier alpha value is 0.540. The van der Waals surface area contributed by atoms with Crippen molar-refractivity contribution in [3.63, 3.8) is 0 Å². The molecule has 11 heavy (non-hydrogen) atoms. The van der Waals surface area contributed by atoms with Crippen LogP contribution in [0.4, 0.5) is 0 Å². The van der Waals surface area contributed by atoms with E-state index in [-0.39, 0.29) is 12.4 Å². The molecular formula is C8H17Cl2N. The Morgan fingerprint density at radius 3 is 2.27 bits per heavy atom. The maximum atomic E-state index is 5.74. The quantitative estimate of drug-likeness (QED) is 0.616. The lowest BCUT2D eigenvalue weighted by atomic mass is 10.1. The van der Waals surface area contributed by atoms with Gasteiger partial charge in [0.15, 0.2) is 0 Å². The Morgan fingerprint density at radius 1 is 1.27 bits per heavy atom. The van der Waals surface area contributed by atoms with Crippen molar-refractivity contribution in [3.05, 3.63) is 0 Å². The summed E-state index contributed by atoms with van der Waals surface area (Å²) in [6.07, 6.45) is 4.13. The molecule has 1 atom stereocenters. The zero-order valence-corrected chi connectivity index (χ0v) is 8.63. The van der Waals surface area contributed by atoms with Gasteiger partial charge in [-0.3, -0.25) is 4.90 Å². The highest BCUT2D eigenvalue weighted by Gasteiger charge is 2.14. The van der Waals surface area contributed by atoms with Crippen LogP contribution in [-0.2, 0) is 0 Å². The molecule has 0 amide bonds. The molecule has 0 aliphatic carbocycles. The Balaban J connectivity index is 0.000001000. The topological polar surface area (TPSA) is 3.24 Å². The molecule has 0 N–H and O–H groups in total. The van der Waals surface area contributed by atoms with Crippen LogP contribution in [0.1, 0.15) is 26.2 Å². The molecule has 3 heteroatoms. The first-order valence-corrected chi connectivity index (χ1v) is 4.68. The van der Waals surface area contributed by atoms with E-state index in [2.05, 4.69) is 11.8 Å². The molecule has 0 saturated carbocycles. The second-order valence-electron chi connectivity index (χ2n) is 3.10. The molecule has 1 heterocycles. The van der Waals surface area contributed by atoms with E-state index in [1.807, 2.05) is 0 Å². The van der Waals surface area contributed by atoms with Gasteiger partial charge in [0.05, 0.1) is 0 Å². The number of alkyl halides is 1. The zero-order chi connectivity index (χ0) is 7.40. The van der Waals surface area contributed by atoms with E-state index >= 15 is 0 Å². The first-order valence-electron chi connectivity index (χ1n) is 4.14. The molecule has 1 rings (SSSR count). The third-order valence-corrected chi connectivity index (χ3v) is 2.68. The predicted molar refractivity (Wildman–Crippen MR) is 52.9 cm³/mol. The van der Waals surface area contributed by atoms with Gasteiger partial charge < -0.3 is 0 Å². The van der Waals surface area contributed by atoms with E-state index in [4.69, 9.17) is 11.6 Å². The monoisotopic (exact) mass is 197 g/mol. The zero-order valence-electron chi connectivity index (χ0n) is 7.05. The SMILES string of the molecule is CC(CCl)N1CCCCC1.Cl. The van der Waals surface area contributed by atoms with Crippen LogP contribution in [0.3, 0.4) is 0 Å². The van der Waals surface area contributed by atoms with Crippen LogP contribution in [-0.4, -0.2) is 29.9 Å². The minimum Gasteiger partial charge on any atom is -0.299 e. The highest BCUT2D eigenvalue weighted by Crippen LogP contribution is 2.12. The van der Waals surface area contributed by atoms with Gasteiger partial charge in [0, 0.05) is 11.9 Å². The normalized spacial score (nSPS) is 22.4. The Bertz CT molecular complexity index is 92.1. The summed E-state index contributed by atoms with van der Waals surface area (Å²) in [7, 11) is 0. The van der Waals surface area contributed by atoms with Crippen LogP contribution in [0.5, 0.6) is 0 Å². The van der Waals surface area contributed by atoms with Crippen molar-refractivity contribution in [2.75, 3.05) is 19.0 Å². The van der Waals surface area contributed by atoms with Crippen LogP contribution in [0.2, 0.25) is 0 Å². The smallest absolute Gasteiger partial charge is 0.0376 e. The van der Waals surface area contributed by atoms with Gasteiger partial charge in [-0.2, -0.15) is 0 Å². The van der Waals surface area contributed by atoms with Gasteiger partial charge in [-0.15, -0.1) is 24.0 Å². The standard InChI is InChI=1S/C8H16ClN.ClH/c1-8(7-9)10-5-3-2-4-6-10;/h8H,2-7H2,1H3;1H. The lowest BCUT2D eigenvalue weighted by molar-refractivity contribution is 0.187. The summed E-state index contributed by atoms with van der Waals surface area (Å²) >= 11 is 5.74. The summed E-state index contributed by atoms with van der Waals surface area (Å²) < 4.78 is 0. The second kappa shape index (κ2) is 6.10. The number of hydrogen-bond acceptors (Lipinski definition) is 1. The first kappa shape index (κ1) is 11.5. The van der Waals surface area contributed by atoms with Gasteiger partial charge >= 0.3 is 0 Å². The van der Waals surface area contributed by atoms with Crippen molar-refractivity contribution in [1.82, 2.24) is 4.90 Å². The lowest BCUT2D eigenvalue weighted by Crippen LogP contribution is -2.38. The number of hydrogen-bond donors (Lipinski definition) is 0. The van der Waals surface area contributed by atoms with E-state index in [1.54, 1.807) is 0 Å². The van der Waals surface area contributed by atoms with E-state index < -0.39 is 0 Å². The predicted octanol–water partition coefficient (Wildman–Crippen LogP) is 2.52. The number of piperidine rings is 1. The molecule has 0 spiro atoms. The molecule has 68 valence electrons. The van der Waals surface area contributed by atoms with Crippen molar-refractivity contribution >= 4 is 24.0 Å². The summed E-state index contributed by atoms with van der Waals surface area (Å²) in [6.45, 7) is 4.72. The Labute approximate surface area is 80.5 Å². The van der Waals surface area contributed by atoms with Crippen molar-refractivity contribution in [3.8, 4) is 0 Å². The van der Waals surface area contributed by atoms with Crippen molar-refractivity contribution in [2.24, 2.45) is 0 Å². The lowest BCUT2D eigenvalue weighted by Gasteiger charge is -2.30. The van der Waals surface area contributed by atoms with Gasteiger partial charge in [0.25, 0.3) is 0 Å². The Kier molecular flexibility index (Phi) is 6.40. The molecular weight excluding hydrogens is 181 g/mol. The fourth-order valence-electron chi connectivity index (χ4n) is 1.46. The van der Waals surface area contributed by atoms with Crippen LogP contribution in [0.15, 0.2) is 0 Å². The number of rotatable bonds is 2. The maximum Gasteiger partial charge on any atom is 0.0376 e. The molecule has 0 aromatic carbocycles. The summed E-state index contributed by atoms with van der Waals surface area (Å²) in [4.78, 5) is 2.48. The van der Waals surface area contributed by atoms with Crippen molar-refractivity contribution in [1.29, 1.82) is 0 Å². The molecule has 1 saturated heterocycles. The van der Waals surface area contributed by atoms with Gasteiger partial charge in [0.2, 0.25) is 0 Å². The van der Waals surface area contributed by atoms with Crippen LogP contribution >= 0.6 is 24.0 Å². The van der Waals surface area contributed by atoms with Gasteiger partial charge in [0.1, 0.15) is 0 Å². The Morgan fingerprint density at radius 2 is 1.82 bits per heavy atom. The molecule has 0 aromatic rings. The molecule has 1 unspecified atom stereocenters. The summed E-state index contributed by atoms with van der Waals surface area (Å²) in [6, 6.07) is 0.585. The van der Waals surface area contributed by atoms with Crippen LogP contribution < -0.4 is 0 Å². The molecule has 1 aliphatic heterocycles. The summed E-state index contributed by atoms with van der Waals surface area (Å²) in [5, 5.41) is 0. The first-order chi connectivity index (χ1) is 4.84. The van der Waals surface area contributed by atoms with E-state index in [1.165, 1.54) is 32.4 Å². The largest absolute Gasteiger partial charge is 0.299 e. The third-order valence-electron chi connectivity index (χ3n) is 2.24.